The summed E-state index contributed by atoms with van der Waals surface area (Å²) >= 11 is 0. The molecular weight excluding hydrogens is 554 g/mol. The van der Waals surface area contributed by atoms with Crippen LogP contribution < -0.4 is 4.90 Å². The number of pyridine rings is 2. The molecule has 0 saturated heterocycles. The molecule has 0 spiro atoms. The Morgan fingerprint density at radius 1 is 0.444 bits per heavy atom. The molecule has 210 valence electrons. The summed E-state index contributed by atoms with van der Waals surface area (Å²) in [4.78, 5) is 11.6. The molecule has 5 heteroatoms. The van der Waals surface area contributed by atoms with E-state index >= 15 is 0 Å². The normalized spacial score (nSPS) is 12.0. The second-order valence-electron chi connectivity index (χ2n) is 11.4. The van der Waals surface area contributed by atoms with Crippen LogP contribution in [-0.4, -0.2) is 9.97 Å². The molecule has 0 aliphatic heterocycles. The number of hydrogen-bond acceptors (Lipinski definition) is 5. The molecule has 0 aliphatic carbocycles. The van der Waals surface area contributed by atoms with Gasteiger partial charge in [-0.15, -0.1) is 0 Å². The SMILES string of the molecule is c1ccc2c(c1)ccc1ccc3cc(N(c4ccc5oc6cccnc6c5c4)c4cccc5c4oc4cccnc45)ccc3c12. The fourth-order valence-corrected chi connectivity index (χ4v) is 6.89. The molecule has 4 aromatic heterocycles. The van der Waals surface area contributed by atoms with Gasteiger partial charge in [0, 0.05) is 34.5 Å². The molecule has 0 amide bonds. The molecule has 45 heavy (non-hydrogen) atoms. The molecule has 5 nitrogen and oxygen atoms in total. The summed E-state index contributed by atoms with van der Waals surface area (Å²) in [5.41, 5.74) is 7.73. The first-order chi connectivity index (χ1) is 22.3. The fourth-order valence-electron chi connectivity index (χ4n) is 6.89. The van der Waals surface area contributed by atoms with Crippen molar-refractivity contribution in [1.82, 2.24) is 9.97 Å². The lowest BCUT2D eigenvalue weighted by atomic mass is 9.96. The number of furan rings is 2. The minimum Gasteiger partial charge on any atom is -0.454 e. The van der Waals surface area contributed by atoms with E-state index in [-0.39, 0.29) is 0 Å². The molecule has 6 aromatic carbocycles. The monoisotopic (exact) mass is 577 g/mol. The summed E-state index contributed by atoms with van der Waals surface area (Å²) in [6.07, 6.45) is 3.62. The quantitative estimate of drug-likeness (QED) is 0.196. The number of aromatic nitrogens is 2. The van der Waals surface area contributed by atoms with Crippen molar-refractivity contribution >= 4 is 93.5 Å². The predicted octanol–water partition coefficient (Wildman–Crippen LogP) is 11.2. The zero-order valence-corrected chi connectivity index (χ0v) is 23.9. The van der Waals surface area contributed by atoms with Crippen LogP contribution in [0.25, 0.3) is 76.5 Å². The summed E-state index contributed by atoms with van der Waals surface area (Å²) in [6.45, 7) is 0. The zero-order valence-electron chi connectivity index (χ0n) is 23.9. The summed E-state index contributed by atoms with van der Waals surface area (Å²) in [6, 6.07) is 44.5. The summed E-state index contributed by atoms with van der Waals surface area (Å²) < 4.78 is 12.6. The largest absolute Gasteiger partial charge is 0.454 e. The highest BCUT2D eigenvalue weighted by Crippen LogP contribution is 2.44. The predicted molar refractivity (Wildman–Crippen MR) is 184 cm³/mol. The second-order valence-corrected chi connectivity index (χ2v) is 11.4. The Hall–Kier alpha value is -6.20. The highest BCUT2D eigenvalue weighted by Gasteiger charge is 2.21. The van der Waals surface area contributed by atoms with Crippen LogP contribution in [0.3, 0.4) is 0 Å². The van der Waals surface area contributed by atoms with Gasteiger partial charge in [0.05, 0.1) is 5.69 Å². The minimum atomic E-state index is 0.761. The molecule has 0 aliphatic rings. The van der Waals surface area contributed by atoms with E-state index in [0.29, 0.717) is 0 Å². The van der Waals surface area contributed by atoms with Crippen LogP contribution in [0.5, 0.6) is 0 Å². The molecule has 0 fully saturated rings. The Morgan fingerprint density at radius 2 is 1.13 bits per heavy atom. The topological polar surface area (TPSA) is 55.3 Å². The third-order valence-corrected chi connectivity index (χ3v) is 8.91. The van der Waals surface area contributed by atoms with Gasteiger partial charge < -0.3 is 13.7 Å². The van der Waals surface area contributed by atoms with Gasteiger partial charge in [0.25, 0.3) is 0 Å². The lowest BCUT2D eigenvalue weighted by Crippen LogP contribution is -2.10. The molecular formula is C40H23N3O2. The molecule has 0 N–H and O–H groups in total. The van der Waals surface area contributed by atoms with Crippen LogP contribution in [0.2, 0.25) is 0 Å². The van der Waals surface area contributed by atoms with E-state index in [1.807, 2.05) is 36.5 Å². The van der Waals surface area contributed by atoms with E-state index < -0.39 is 0 Å². The van der Waals surface area contributed by atoms with Crippen LogP contribution in [0.4, 0.5) is 17.1 Å². The van der Waals surface area contributed by atoms with Gasteiger partial charge in [-0.25, -0.2) is 0 Å². The number of fused-ring (bicyclic) bond motifs is 11. The third kappa shape index (κ3) is 3.55. The van der Waals surface area contributed by atoms with Gasteiger partial charge in [0.1, 0.15) is 16.6 Å². The molecule has 4 heterocycles. The Balaban J connectivity index is 1.26. The number of hydrogen-bond donors (Lipinski definition) is 0. The fraction of sp³-hybridized carbons (Fsp3) is 0. The Morgan fingerprint density at radius 3 is 2.02 bits per heavy atom. The van der Waals surface area contributed by atoms with Crippen molar-refractivity contribution in [3.05, 3.63) is 140 Å². The van der Waals surface area contributed by atoms with Gasteiger partial charge in [0.15, 0.2) is 16.7 Å². The van der Waals surface area contributed by atoms with Crippen LogP contribution in [-0.2, 0) is 0 Å². The van der Waals surface area contributed by atoms with Crippen molar-refractivity contribution in [2.24, 2.45) is 0 Å². The average Bonchev–Trinajstić information content (AvgIpc) is 3.67. The Kier molecular flexibility index (Phi) is 4.93. The minimum absolute atomic E-state index is 0.761. The first-order valence-electron chi connectivity index (χ1n) is 15.0. The molecule has 0 unspecified atom stereocenters. The number of benzene rings is 6. The van der Waals surface area contributed by atoms with E-state index in [1.165, 1.54) is 26.9 Å². The number of nitrogens with zero attached hydrogens (tertiary/aromatic N) is 3. The maximum Gasteiger partial charge on any atom is 0.161 e. The van der Waals surface area contributed by atoms with Crippen molar-refractivity contribution in [3.63, 3.8) is 0 Å². The van der Waals surface area contributed by atoms with Crippen LogP contribution in [0.1, 0.15) is 0 Å². The van der Waals surface area contributed by atoms with Crippen molar-refractivity contribution < 1.29 is 8.83 Å². The average molecular weight is 578 g/mol. The summed E-state index contributed by atoms with van der Waals surface area (Å²) in [5, 5.41) is 9.32. The first-order valence-corrected chi connectivity index (χ1v) is 15.0. The van der Waals surface area contributed by atoms with Crippen LogP contribution in [0.15, 0.2) is 149 Å². The zero-order chi connectivity index (χ0) is 29.5. The van der Waals surface area contributed by atoms with Gasteiger partial charge in [-0.1, -0.05) is 60.7 Å². The third-order valence-electron chi connectivity index (χ3n) is 8.91. The van der Waals surface area contributed by atoms with Gasteiger partial charge in [0.2, 0.25) is 0 Å². The molecule has 10 aromatic rings. The van der Waals surface area contributed by atoms with Gasteiger partial charge in [-0.05, 0) is 99.0 Å². The Labute approximate surface area is 256 Å². The van der Waals surface area contributed by atoms with E-state index in [4.69, 9.17) is 8.83 Å². The molecule has 10 rings (SSSR count). The van der Waals surface area contributed by atoms with Crippen molar-refractivity contribution in [1.29, 1.82) is 0 Å². The van der Waals surface area contributed by atoms with E-state index in [0.717, 1.165) is 66.6 Å². The van der Waals surface area contributed by atoms with Crippen LogP contribution >= 0.6 is 0 Å². The molecule has 0 atom stereocenters. The molecule has 0 radical (unpaired) electrons. The Bertz CT molecular complexity index is 2790. The smallest absolute Gasteiger partial charge is 0.161 e. The number of rotatable bonds is 3. The molecule has 0 saturated carbocycles. The summed E-state index contributed by atoms with van der Waals surface area (Å²) in [7, 11) is 0. The van der Waals surface area contributed by atoms with Crippen LogP contribution in [0, 0.1) is 0 Å². The number of para-hydroxylation sites is 1. The lowest BCUT2D eigenvalue weighted by molar-refractivity contribution is 0.668. The van der Waals surface area contributed by atoms with E-state index in [2.05, 4.69) is 112 Å². The highest BCUT2D eigenvalue weighted by atomic mass is 16.3. The highest BCUT2D eigenvalue weighted by molar-refractivity contribution is 6.20. The maximum absolute atomic E-state index is 6.51. The first kappa shape index (κ1) is 24.3. The number of anilines is 3. The second kappa shape index (κ2) is 9.15. The standard InChI is InChI=1S/C40H23N3O2/c1-2-7-29-24(6-1)12-13-25-14-15-26-22-27(16-18-30(26)37(25)29)43(28-17-19-34-32(23-28)39-35(44-34)10-4-21-42-39)33-9-3-8-31-38-36(45-40(31)33)11-5-20-41-38/h1-23H. The lowest BCUT2D eigenvalue weighted by Gasteiger charge is -2.26. The summed E-state index contributed by atoms with van der Waals surface area (Å²) in [5.74, 6) is 0. The van der Waals surface area contributed by atoms with E-state index in [1.54, 1.807) is 6.20 Å². The van der Waals surface area contributed by atoms with Crippen molar-refractivity contribution in [3.8, 4) is 0 Å². The van der Waals surface area contributed by atoms with Crippen molar-refractivity contribution in [2.45, 2.75) is 0 Å². The van der Waals surface area contributed by atoms with Gasteiger partial charge in [-0.3, -0.25) is 9.97 Å². The van der Waals surface area contributed by atoms with E-state index in [9.17, 15) is 0 Å². The molecule has 0 bridgehead atoms. The van der Waals surface area contributed by atoms with Crippen molar-refractivity contribution in [2.75, 3.05) is 4.90 Å². The van der Waals surface area contributed by atoms with Gasteiger partial charge >= 0.3 is 0 Å². The maximum atomic E-state index is 6.51. The van der Waals surface area contributed by atoms with Gasteiger partial charge in [-0.2, -0.15) is 0 Å².